The molecule has 1 aliphatic heterocycles. The second-order valence-electron chi connectivity index (χ2n) is 6.08. The first-order valence-electron chi connectivity index (χ1n) is 8.52. The van der Waals surface area contributed by atoms with E-state index >= 15 is 0 Å². The average molecular weight is 367 g/mol. The van der Waals surface area contributed by atoms with Gasteiger partial charge in [0.2, 0.25) is 15.9 Å². The van der Waals surface area contributed by atoms with Crippen LogP contribution in [0.1, 0.15) is 42.1 Å². The minimum absolute atomic E-state index is 0.144. The van der Waals surface area contributed by atoms with Crippen molar-refractivity contribution in [2.45, 2.75) is 38.0 Å². The Morgan fingerprint density at radius 1 is 1.12 bits per heavy atom. The molecule has 0 unspecified atom stereocenters. The van der Waals surface area contributed by atoms with E-state index in [2.05, 4.69) is 10.6 Å². The summed E-state index contributed by atoms with van der Waals surface area (Å²) in [5, 5.41) is 5.09. The van der Waals surface area contributed by atoms with E-state index in [0.717, 1.165) is 19.3 Å². The number of piperidine rings is 1. The summed E-state index contributed by atoms with van der Waals surface area (Å²) in [6.07, 6.45) is 2.74. The van der Waals surface area contributed by atoms with E-state index in [9.17, 15) is 18.0 Å². The van der Waals surface area contributed by atoms with Gasteiger partial charge in [-0.25, -0.2) is 8.42 Å². The van der Waals surface area contributed by atoms with E-state index in [0.29, 0.717) is 25.2 Å². The molecule has 1 aromatic rings. The van der Waals surface area contributed by atoms with Gasteiger partial charge in [0.25, 0.3) is 5.91 Å². The molecule has 0 atom stereocenters. The highest BCUT2D eigenvalue weighted by atomic mass is 32.2. The van der Waals surface area contributed by atoms with Crippen LogP contribution in [0.3, 0.4) is 0 Å². The zero-order chi connectivity index (χ0) is 18.4. The third-order valence-corrected chi connectivity index (χ3v) is 6.21. The maximum absolute atomic E-state index is 12.9. The molecular weight excluding hydrogens is 342 g/mol. The number of amides is 2. The molecule has 7 nitrogen and oxygen atoms in total. The van der Waals surface area contributed by atoms with E-state index < -0.39 is 15.9 Å². The van der Waals surface area contributed by atoms with Crippen LogP contribution in [0.15, 0.2) is 23.1 Å². The number of carbonyl (C=O) groups is 2. The molecule has 2 amide bonds. The molecule has 1 aromatic carbocycles. The molecule has 1 saturated heterocycles. The summed E-state index contributed by atoms with van der Waals surface area (Å²) < 4.78 is 27.2. The second-order valence-corrected chi connectivity index (χ2v) is 7.99. The molecule has 0 aromatic heterocycles. The van der Waals surface area contributed by atoms with Crippen molar-refractivity contribution in [2.24, 2.45) is 0 Å². The van der Waals surface area contributed by atoms with E-state index in [1.165, 1.54) is 10.4 Å². The summed E-state index contributed by atoms with van der Waals surface area (Å²) >= 11 is 0. The quantitative estimate of drug-likeness (QED) is 0.785. The van der Waals surface area contributed by atoms with Crippen molar-refractivity contribution in [2.75, 3.05) is 26.2 Å². The molecule has 1 fully saturated rings. The summed E-state index contributed by atoms with van der Waals surface area (Å²) in [7, 11) is -3.61. The van der Waals surface area contributed by atoms with E-state index in [4.69, 9.17) is 0 Å². The Labute approximate surface area is 148 Å². The fourth-order valence-corrected chi connectivity index (χ4v) is 4.55. The number of aryl methyl sites for hydroxylation is 1. The van der Waals surface area contributed by atoms with Gasteiger partial charge in [0, 0.05) is 25.2 Å². The van der Waals surface area contributed by atoms with Crippen molar-refractivity contribution in [3.63, 3.8) is 0 Å². The van der Waals surface area contributed by atoms with Gasteiger partial charge in [-0.2, -0.15) is 4.31 Å². The lowest BCUT2D eigenvalue weighted by atomic mass is 10.1. The molecule has 1 heterocycles. The van der Waals surface area contributed by atoms with Crippen LogP contribution in [0.5, 0.6) is 0 Å². The molecule has 0 aliphatic carbocycles. The number of benzene rings is 1. The van der Waals surface area contributed by atoms with Crippen LogP contribution in [0, 0.1) is 6.92 Å². The normalized spacial score (nSPS) is 15.6. The topological polar surface area (TPSA) is 95.6 Å². The Balaban J connectivity index is 2.19. The predicted octanol–water partition coefficient (Wildman–Crippen LogP) is 1.04. The van der Waals surface area contributed by atoms with Gasteiger partial charge in [-0.1, -0.05) is 12.5 Å². The van der Waals surface area contributed by atoms with Crippen LogP contribution in [0.4, 0.5) is 0 Å². The van der Waals surface area contributed by atoms with Crippen LogP contribution < -0.4 is 10.6 Å². The molecule has 1 aliphatic rings. The fraction of sp³-hybridized carbons (Fsp3) is 0.529. The van der Waals surface area contributed by atoms with Gasteiger partial charge in [-0.3, -0.25) is 9.59 Å². The lowest BCUT2D eigenvalue weighted by Gasteiger charge is -2.26. The van der Waals surface area contributed by atoms with Gasteiger partial charge in [0.15, 0.2) is 0 Å². The Kier molecular flexibility index (Phi) is 6.55. The molecule has 2 N–H and O–H groups in total. The third-order valence-electron chi connectivity index (χ3n) is 4.17. The Morgan fingerprint density at radius 3 is 2.44 bits per heavy atom. The van der Waals surface area contributed by atoms with Gasteiger partial charge < -0.3 is 10.6 Å². The lowest BCUT2D eigenvalue weighted by molar-refractivity contribution is -0.120. The van der Waals surface area contributed by atoms with Gasteiger partial charge in [0.05, 0.1) is 11.4 Å². The Bertz CT molecular complexity index is 740. The fourth-order valence-electron chi connectivity index (χ4n) is 2.79. The average Bonchev–Trinajstić information content (AvgIpc) is 2.61. The zero-order valence-electron chi connectivity index (χ0n) is 14.7. The highest BCUT2D eigenvalue weighted by Crippen LogP contribution is 2.24. The molecule has 0 radical (unpaired) electrons. The van der Waals surface area contributed by atoms with Gasteiger partial charge in [-0.05, 0) is 44.4 Å². The van der Waals surface area contributed by atoms with E-state index in [1.807, 2.05) is 0 Å². The monoisotopic (exact) mass is 367 g/mol. The largest absolute Gasteiger partial charge is 0.355 e. The van der Waals surface area contributed by atoms with Crippen molar-refractivity contribution < 1.29 is 18.0 Å². The Morgan fingerprint density at radius 2 is 1.80 bits per heavy atom. The molecule has 138 valence electrons. The predicted molar refractivity (Wildman–Crippen MR) is 94.8 cm³/mol. The van der Waals surface area contributed by atoms with Crippen LogP contribution in [-0.4, -0.2) is 50.7 Å². The Hall–Kier alpha value is -1.93. The number of carbonyl (C=O) groups excluding carboxylic acids is 2. The highest BCUT2D eigenvalue weighted by Gasteiger charge is 2.28. The molecule has 2 rings (SSSR count). The van der Waals surface area contributed by atoms with Gasteiger partial charge in [0.1, 0.15) is 0 Å². The van der Waals surface area contributed by atoms with Gasteiger partial charge in [-0.15, -0.1) is 0 Å². The SMILES string of the molecule is CCNC(=O)CNC(=O)c1ccc(C)c(S(=O)(=O)N2CCCCC2)c1. The molecule has 0 spiro atoms. The number of rotatable bonds is 6. The van der Waals surface area contributed by atoms with Crippen molar-refractivity contribution in [1.29, 1.82) is 0 Å². The summed E-state index contributed by atoms with van der Waals surface area (Å²) in [6, 6.07) is 4.59. The molecule has 0 bridgehead atoms. The molecule has 8 heteroatoms. The van der Waals surface area contributed by atoms with Crippen LogP contribution in [-0.2, 0) is 14.8 Å². The summed E-state index contributed by atoms with van der Waals surface area (Å²) in [5.74, 6) is -0.759. The third kappa shape index (κ3) is 4.79. The molecule has 25 heavy (non-hydrogen) atoms. The number of nitrogens with zero attached hydrogens (tertiary/aromatic N) is 1. The van der Waals surface area contributed by atoms with Gasteiger partial charge >= 0.3 is 0 Å². The number of likely N-dealkylation sites (N-methyl/N-ethyl adjacent to an activating group) is 1. The van der Waals surface area contributed by atoms with Crippen molar-refractivity contribution in [3.8, 4) is 0 Å². The van der Waals surface area contributed by atoms with Crippen LogP contribution in [0.2, 0.25) is 0 Å². The highest BCUT2D eigenvalue weighted by molar-refractivity contribution is 7.89. The number of hydrogen-bond donors (Lipinski definition) is 2. The maximum atomic E-state index is 12.9. The number of hydrogen-bond acceptors (Lipinski definition) is 4. The zero-order valence-corrected chi connectivity index (χ0v) is 15.5. The molecule has 0 saturated carbocycles. The minimum atomic E-state index is -3.61. The second kappa shape index (κ2) is 8.44. The first-order chi connectivity index (χ1) is 11.9. The minimum Gasteiger partial charge on any atom is -0.355 e. The van der Waals surface area contributed by atoms with E-state index in [-0.39, 0.29) is 22.9 Å². The summed E-state index contributed by atoms with van der Waals surface area (Å²) in [5.41, 5.74) is 0.830. The first-order valence-corrected chi connectivity index (χ1v) is 9.96. The summed E-state index contributed by atoms with van der Waals surface area (Å²) in [4.78, 5) is 23.8. The first kappa shape index (κ1) is 19.4. The molecular formula is C17H25N3O4S. The summed E-state index contributed by atoms with van der Waals surface area (Å²) in [6.45, 7) is 4.86. The maximum Gasteiger partial charge on any atom is 0.251 e. The number of nitrogens with one attached hydrogen (secondary N) is 2. The van der Waals surface area contributed by atoms with Crippen molar-refractivity contribution in [1.82, 2.24) is 14.9 Å². The van der Waals surface area contributed by atoms with Crippen LogP contribution >= 0.6 is 0 Å². The van der Waals surface area contributed by atoms with Crippen LogP contribution in [0.25, 0.3) is 0 Å². The van der Waals surface area contributed by atoms with Crippen molar-refractivity contribution >= 4 is 21.8 Å². The smallest absolute Gasteiger partial charge is 0.251 e. The van der Waals surface area contributed by atoms with E-state index in [1.54, 1.807) is 26.0 Å². The standard InChI is InChI=1S/C17H25N3O4S/c1-3-18-16(21)12-19-17(22)14-8-7-13(2)15(11-14)25(23,24)20-9-5-4-6-10-20/h7-8,11H,3-6,9-10,12H2,1-2H3,(H,18,21)(H,19,22). The van der Waals surface area contributed by atoms with Crippen molar-refractivity contribution in [3.05, 3.63) is 29.3 Å². The number of sulfonamides is 1. The lowest BCUT2D eigenvalue weighted by Crippen LogP contribution is -2.37.